The average Bonchev–Trinajstić information content (AvgIpc) is 3.50. The highest BCUT2D eigenvalue weighted by molar-refractivity contribution is 6.07. The molecule has 4 rings (SSSR count). The molecule has 11 heteroatoms. The molecule has 4 heterocycles. The number of likely N-dealkylation sites (tertiary alicyclic amines) is 1. The largest absolute Gasteiger partial charge is 0.462 e. The van der Waals surface area contributed by atoms with Gasteiger partial charge in [-0.1, -0.05) is 0 Å². The number of hydrogen-bond acceptors (Lipinski definition) is 10. The third-order valence-electron chi connectivity index (χ3n) is 5.14. The van der Waals surface area contributed by atoms with Crippen molar-refractivity contribution in [1.82, 2.24) is 14.9 Å². The summed E-state index contributed by atoms with van der Waals surface area (Å²) in [5.41, 5.74) is 6.29. The van der Waals surface area contributed by atoms with Crippen molar-refractivity contribution in [2.24, 2.45) is 0 Å². The Morgan fingerprint density at radius 2 is 2.09 bits per heavy atom. The highest BCUT2D eigenvalue weighted by atomic mass is 16.5. The van der Waals surface area contributed by atoms with Crippen molar-refractivity contribution in [3.63, 3.8) is 0 Å². The molecule has 0 bridgehead atoms. The number of hydrogen-bond donors (Lipinski definition) is 1. The van der Waals surface area contributed by atoms with Crippen LogP contribution < -0.4 is 5.73 Å². The van der Waals surface area contributed by atoms with Gasteiger partial charge in [-0.15, -0.1) is 0 Å². The van der Waals surface area contributed by atoms with Gasteiger partial charge in [0.15, 0.2) is 18.2 Å². The van der Waals surface area contributed by atoms with Gasteiger partial charge in [0, 0.05) is 6.54 Å². The molecule has 0 unspecified atom stereocenters. The summed E-state index contributed by atoms with van der Waals surface area (Å²) in [4.78, 5) is 47.2. The summed E-state index contributed by atoms with van der Waals surface area (Å²) in [7, 11) is 0. The van der Waals surface area contributed by atoms with Crippen LogP contribution in [0.5, 0.6) is 0 Å². The highest BCUT2D eigenvalue weighted by Gasteiger charge is 2.36. The Kier molecular flexibility index (Phi) is 5.80. The lowest BCUT2D eigenvalue weighted by Crippen LogP contribution is -2.41. The minimum atomic E-state index is -0.727. The van der Waals surface area contributed by atoms with Crippen LogP contribution in [-0.2, 0) is 20.9 Å². The first kappa shape index (κ1) is 21.3. The number of ether oxygens (including phenoxy) is 2. The molecule has 0 spiro atoms. The maximum Gasteiger partial charge on any atom is 0.342 e. The van der Waals surface area contributed by atoms with Crippen LogP contribution in [0.4, 0.5) is 5.82 Å². The lowest BCUT2D eigenvalue weighted by Gasteiger charge is -2.22. The predicted molar refractivity (Wildman–Crippen MR) is 109 cm³/mol. The van der Waals surface area contributed by atoms with Crippen LogP contribution in [0.25, 0.3) is 11.1 Å². The summed E-state index contributed by atoms with van der Waals surface area (Å²) in [6.45, 7) is 3.64. The first-order chi connectivity index (χ1) is 15.4. The third-order valence-corrected chi connectivity index (χ3v) is 5.14. The number of anilines is 1. The van der Waals surface area contributed by atoms with Crippen LogP contribution in [-0.4, -0.2) is 51.9 Å². The zero-order chi connectivity index (χ0) is 22.8. The van der Waals surface area contributed by atoms with Crippen LogP contribution in [0.2, 0.25) is 0 Å². The van der Waals surface area contributed by atoms with Gasteiger partial charge in [0.1, 0.15) is 23.2 Å². The molecular formula is C21H22N4O7. The maximum atomic E-state index is 12.7. The SMILES string of the molecule is CCOC(=O)c1c(C)oc2nc(COC(=O)[C@@H]3CCCN3C(=O)c3ccco3)nc(N)c12. The molecule has 1 fully saturated rings. The molecule has 1 saturated heterocycles. The molecule has 0 aliphatic carbocycles. The molecule has 2 N–H and O–H groups in total. The monoisotopic (exact) mass is 442 g/mol. The topological polar surface area (TPSA) is 151 Å². The number of nitrogen functional groups attached to an aromatic ring is 1. The number of carbonyl (C=O) groups excluding carboxylic acids is 3. The normalized spacial score (nSPS) is 15.8. The van der Waals surface area contributed by atoms with Gasteiger partial charge in [0.2, 0.25) is 5.71 Å². The second kappa shape index (κ2) is 8.69. The van der Waals surface area contributed by atoms with E-state index in [1.165, 1.54) is 11.2 Å². The fourth-order valence-corrected chi connectivity index (χ4v) is 3.73. The average molecular weight is 442 g/mol. The van der Waals surface area contributed by atoms with E-state index >= 15 is 0 Å². The van der Waals surface area contributed by atoms with Gasteiger partial charge in [-0.05, 0) is 38.8 Å². The summed E-state index contributed by atoms with van der Waals surface area (Å²) in [5, 5.41) is 0.252. The number of esters is 2. The summed E-state index contributed by atoms with van der Waals surface area (Å²) < 4.78 is 21.1. The second-order valence-electron chi connectivity index (χ2n) is 7.20. The molecule has 32 heavy (non-hydrogen) atoms. The fraction of sp³-hybridized carbons (Fsp3) is 0.381. The van der Waals surface area contributed by atoms with Gasteiger partial charge in [-0.3, -0.25) is 4.79 Å². The number of carbonyl (C=O) groups is 3. The number of nitrogens with two attached hydrogens (primary N) is 1. The van der Waals surface area contributed by atoms with E-state index in [1.54, 1.807) is 26.0 Å². The lowest BCUT2D eigenvalue weighted by molar-refractivity contribution is -0.149. The maximum absolute atomic E-state index is 12.7. The Morgan fingerprint density at radius 3 is 2.81 bits per heavy atom. The number of aryl methyl sites for hydroxylation is 1. The van der Waals surface area contributed by atoms with Crippen LogP contribution in [0.3, 0.4) is 0 Å². The van der Waals surface area contributed by atoms with Gasteiger partial charge >= 0.3 is 11.9 Å². The van der Waals surface area contributed by atoms with Crippen LogP contribution in [0, 0.1) is 6.92 Å². The fourth-order valence-electron chi connectivity index (χ4n) is 3.73. The minimum Gasteiger partial charge on any atom is -0.462 e. The van der Waals surface area contributed by atoms with Gasteiger partial charge in [0.25, 0.3) is 5.91 Å². The van der Waals surface area contributed by atoms with E-state index in [0.29, 0.717) is 25.1 Å². The van der Waals surface area contributed by atoms with Crippen LogP contribution in [0.15, 0.2) is 27.2 Å². The smallest absolute Gasteiger partial charge is 0.342 e. The number of nitrogens with zero attached hydrogens (tertiary/aromatic N) is 3. The third kappa shape index (κ3) is 3.88. The van der Waals surface area contributed by atoms with E-state index in [0.717, 1.165) is 0 Å². The second-order valence-corrected chi connectivity index (χ2v) is 7.20. The Labute approximate surface area is 182 Å². The molecule has 0 saturated carbocycles. The predicted octanol–water partition coefficient (Wildman–Crippen LogP) is 2.23. The molecule has 3 aromatic rings. The quantitative estimate of drug-likeness (QED) is 0.563. The first-order valence-corrected chi connectivity index (χ1v) is 10.1. The van der Waals surface area contributed by atoms with Crippen LogP contribution >= 0.6 is 0 Å². The van der Waals surface area contributed by atoms with Gasteiger partial charge in [-0.2, -0.15) is 4.98 Å². The minimum absolute atomic E-state index is 0.0106. The molecule has 3 aromatic heterocycles. The molecule has 168 valence electrons. The summed E-state index contributed by atoms with van der Waals surface area (Å²) >= 11 is 0. The lowest BCUT2D eigenvalue weighted by atomic mass is 10.2. The van der Waals surface area contributed by atoms with Crippen molar-refractivity contribution in [2.75, 3.05) is 18.9 Å². The number of rotatable bonds is 6. The zero-order valence-electron chi connectivity index (χ0n) is 17.6. The van der Waals surface area contributed by atoms with Crippen molar-refractivity contribution in [3.05, 3.63) is 41.3 Å². The van der Waals surface area contributed by atoms with Crippen molar-refractivity contribution in [2.45, 2.75) is 39.3 Å². The number of aromatic nitrogens is 2. The van der Waals surface area contributed by atoms with Gasteiger partial charge in [0.05, 0.1) is 18.3 Å². The molecular weight excluding hydrogens is 420 g/mol. The molecule has 11 nitrogen and oxygen atoms in total. The van der Waals surface area contributed by atoms with E-state index < -0.39 is 18.0 Å². The van der Waals surface area contributed by atoms with Crippen molar-refractivity contribution < 1.29 is 32.7 Å². The molecule has 0 aromatic carbocycles. The van der Waals surface area contributed by atoms with Gasteiger partial charge < -0.3 is 28.9 Å². The molecule has 1 amide bonds. The number of furan rings is 2. The molecule has 0 radical (unpaired) electrons. The number of fused-ring (bicyclic) bond motifs is 1. The Balaban J connectivity index is 1.49. The summed E-state index contributed by atoms with van der Waals surface area (Å²) in [5.74, 6) is -0.948. The molecule has 1 aliphatic heterocycles. The van der Waals surface area contributed by atoms with E-state index in [4.69, 9.17) is 24.0 Å². The Hall–Kier alpha value is -3.89. The first-order valence-electron chi connectivity index (χ1n) is 10.1. The van der Waals surface area contributed by atoms with E-state index in [-0.39, 0.29) is 53.2 Å². The van der Waals surface area contributed by atoms with Crippen molar-refractivity contribution >= 4 is 34.8 Å². The van der Waals surface area contributed by atoms with Crippen molar-refractivity contribution in [1.29, 1.82) is 0 Å². The molecule has 1 atom stereocenters. The molecule has 1 aliphatic rings. The van der Waals surface area contributed by atoms with E-state index in [2.05, 4.69) is 9.97 Å². The Morgan fingerprint density at radius 1 is 1.28 bits per heavy atom. The van der Waals surface area contributed by atoms with Crippen molar-refractivity contribution in [3.8, 4) is 0 Å². The summed E-state index contributed by atoms with van der Waals surface area (Å²) in [6, 6.07) is 2.43. The number of amides is 1. The van der Waals surface area contributed by atoms with E-state index in [1.807, 2.05) is 0 Å². The standard InChI is InChI=1S/C21H22N4O7/c1-3-29-21(28)15-11(2)32-18-16(15)17(22)23-14(24-18)10-31-20(27)12-6-4-8-25(12)19(26)13-7-5-9-30-13/h5,7,9,12H,3-4,6,8,10H2,1-2H3,(H2,22,23,24)/t12-/m0/s1. The van der Waals surface area contributed by atoms with Crippen LogP contribution in [0.1, 0.15) is 52.3 Å². The zero-order valence-corrected chi connectivity index (χ0v) is 17.6. The Bertz CT molecular complexity index is 1170. The summed E-state index contributed by atoms with van der Waals surface area (Å²) in [6.07, 6.45) is 2.55. The highest BCUT2D eigenvalue weighted by Crippen LogP contribution is 2.29. The van der Waals surface area contributed by atoms with E-state index in [9.17, 15) is 14.4 Å². The van der Waals surface area contributed by atoms with Gasteiger partial charge in [-0.25, -0.2) is 14.6 Å².